The molecule has 0 amide bonds. The van der Waals surface area contributed by atoms with Crippen molar-refractivity contribution in [3.8, 4) is 0 Å². The largest absolute Gasteiger partial charge is 0.389 e. The summed E-state index contributed by atoms with van der Waals surface area (Å²) < 4.78 is 1.02. The summed E-state index contributed by atoms with van der Waals surface area (Å²) in [6.07, 6.45) is 2.23. The van der Waals surface area contributed by atoms with E-state index in [1.54, 1.807) is 0 Å². The van der Waals surface area contributed by atoms with Gasteiger partial charge in [0.25, 0.3) is 0 Å². The Labute approximate surface area is 117 Å². The second-order valence-electron chi connectivity index (χ2n) is 4.81. The normalized spacial score (nSPS) is 11.3. The van der Waals surface area contributed by atoms with E-state index in [9.17, 15) is 0 Å². The van der Waals surface area contributed by atoms with Gasteiger partial charge in [0.15, 0.2) is 0 Å². The third kappa shape index (κ3) is 4.28. The second kappa shape index (κ2) is 5.83. The highest BCUT2D eigenvalue weighted by Gasteiger charge is 2.18. The monoisotopic (exact) mass is 314 g/mol. The molecule has 1 aromatic rings. The lowest BCUT2D eigenvalue weighted by molar-refractivity contribution is 0.511. The van der Waals surface area contributed by atoms with Crippen LogP contribution in [0.1, 0.15) is 39.2 Å². The number of hydrogen-bond donors (Lipinski definition) is 2. The van der Waals surface area contributed by atoms with Gasteiger partial charge >= 0.3 is 0 Å². The molecule has 0 aliphatic rings. The molecule has 1 aromatic carbocycles. The fourth-order valence-electron chi connectivity index (χ4n) is 1.89. The Morgan fingerprint density at radius 2 is 2.12 bits per heavy atom. The lowest BCUT2D eigenvalue weighted by atomic mass is 9.97. The molecule has 0 aromatic heterocycles. The van der Waals surface area contributed by atoms with E-state index in [0.29, 0.717) is 4.99 Å². The summed E-state index contributed by atoms with van der Waals surface area (Å²) >= 11 is 8.54. The van der Waals surface area contributed by atoms with Crippen molar-refractivity contribution in [2.45, 2.75) is 39.2 Å². The van der Waals surface area contributed by atoms with Crippen LogP contribution in [0.4, 0.5) is 5.69 Å². The first-order valence-corrected chi connectivity index (χ1v) is 6.93. The number of anilines is 1. The third-order valence-corrected chi connectivity index (χ3v) is 3.31. The maximum atomic E-state index is 5.73. The number of benzene rings is 1. The fraction of sp³-hybridized carbons (Fsp3) is 0.462. The van der Waals surface area contributed by atoms with Gasteiger partial charge in [-0.1, -0.05) is 41.5 Å². The van der Waals surface area contributed by atoms with E-state index < -0.39 is 0 Å². The lowest BCUT2D eigenvalue weighted by Crippen LogP contribution is -2.31. The minimum atomic E-state index is 0.0368. The molecule has 3 N–H and O–H groups in total. The maximum Gasteiger partial charge on any atom is 0.106 e. The van der Waals surface area contributed by atoms with Gasteiger partial charge in [-0.15, -0.1) is 0 Å². The van der Waals surface area contributed by atoms with Crippen molar-refractivity contribution < 1.29 is 0 Å². The summed E-state index contributed by atoms with van der Waals surface area (Å²) in [6, 6.07) is 5.91. The smallest absolute Gasteiger partial charge is 0.106 e. The zero-order valence-corrected chi connectivity index (χ0v) is 12.9. The minimum Gasteiger partial charge on any atom is -0.389 e. The molecular weight excluding hydrogens is 296 g/mol. The van der Waals surface area contributed by atoms with Crippen molar-refractivity contribution in [1.82, 2.24) is 0 Å². The summed E-state index contributed by atoms with van der Waals surface area (Å²) in [4.78, 5) is 0.423. The van der Waals surface area contributed by atoms with Crippen LogP contribution in [-0.4, -0.2) is 10.5 Å². The molecule has 0 radical (unpaired) electrons. The van der Waals surface area contributed by atoms with Crippen molar-refractivity contribution in [3.63, 3.8) is 0 Å². The molecule has 0 bridgehead atoms. The Kier molecular flexibility index (Phi) is 4.95. The average molecular weight is 315 g/mol. The SMILES string of the molecule is CCCC(C)(C)Nc1cc(Br)ccc1C(N)=S. The third-order valence-electron chi connectivity index (χ3n) is 2.60. The average Bonchev–Trinajstić information content (AvgIpc) is 2.15. The van der Waals surface area contributed by atoms with Crippen LogP contribution < -0.4 is 11.1 Å². The van der Waals surface area contributed by atoms with E-state index in [1.807, 2.05) is 18.2 Å². The molecule has 17 heavy (non-hydrogen) atoms. The molecule has 0 heterocycles. The van der Waals surface area contributed by atoms with Gasteiger partial charge in [0.2, 0.25) is 0 Å². The highest BCUT2D eigenvalue weighted by molar-refractivity contribution is 9.10. The van der Waals surface area contributed by atoms with Crippen LogP contribution in [0, 0.1) is 0 Å². The van der Waals surface area contributed by atoms with E-state index in [-0.39, 0.29) is 5.54 Å². The van der Waals surface area contributed by atoms with Gasteiger partial charge < -0.3 is 11.1 Å². The zero-order chi connectivity index (χ0) is 13.1. The molecule has 0 spiro atoms. The molecule has 94 valence electrons. The van der Waals surface area contributed by atoms with Crippen LogP contribution in [-0.2, 0) is 0 Å². The quantitative estimate of drug-likeness (QED) is 0.804. The van der Waals surface area contributed by atoms with E-state index in [0.717, 1.165) is 28.6 Å². The summed E-state index contributed by atoms with van der Waals surface area (Å²) in [6.45, 7) is 6.54. The van der Waals surface area contributed by atoms with Gasteiger partial charge in [-0.3, -0.25) is 0 Å². The molecule has 4 heteroatoms. The van der Waals surface area contributed by atoms with Crippen molar-refractivity contribution in [2.75, 3.05) is 5.32 Å². The molecule has 0 saturated heterocycles. The number of hydrogen-bond acceptors (Lipinski definition) is 2. The van der Waals surface area contributed by atoms with Crippen LogP contribution in [0.2, 0.25) is 0 Å². The Morgan fingerprint density at radius 3 is 2.65 bits per heavy atom. The molecule has 0 atom stereocenters. The summed E-state index contributed by atoms with van der Waals surface area (Å²) in [5.74, 6) is 0. The predicted octanol–water partition coefficient (Wildman–Crippen LogP) is 4.07. The highest BCUT2D eigenvalue weighted by atomic mass is 79.9. The van der Waals surface area contributed by atoms with E-state index >= 15 is 0 Å². The molecule has 0 saturated carbocycles. The second-order valence-corrected chi connectivity index (χ2v) is 6.17. The molecular formula is C13H19BrN2S. The number of rotatable bonds is 5. The first-order chi connectivity index (χ1) is 7.85. The topological polar surface area (TPSA) is 38.0 Å². The summed E-state index contributed by atoms with van der Waals surface area (Å²) in [5.41, 5.74) is 7.66. The molecule has 0 fully saturated rings. The van der Waals surface area contributed by atoms with Gasteiger partial charge in [-0.25, -0.2) is 0 Å². The number of thiocarbonyl (C=S) groups is 1. The fourth-order valence-corrected chi connectivity index (χ4v) is 2.43. The van der Waals surface area contributed by atoms with Crippen molar-refractivity contribution in [2.24, 2.45) is 5.73 Å². The van der Waals surface area contributed by atoms with Crippen molar-refractivity contribution in [3.05, 3.63) is 28.2 Å². The Balaban J connectivity index is 3.04. The minimum absolute atomic E-state index is 0.0368. The zero-order valence-electron chi connectivity index (χ0n) is 10.5. The van der Waals surface area contributed by atoms with Gasteiger partial charge in [-0.05, 0) is 38.5 Å². The predicted molar refractivity (Wildman–Crippen MR) is 82.6 cm³/mol. The molecule has 0 aliphatic carbocycles. The lowest BCUT2D eigenvalue weighted by Gasteiger charge is -2.28. The van der Waals surface area contributed by atoms with Crippen LogP contribution in [0.25, 0.3) is 0 Å². The summed E-state index contributed by atoms with van der Waals surface area (Å²) in [5, 5.41) is 3.51. The van der Waals surface area contributed by atoms with E-state index in [1.165, 1.54) is 0 Å². The maximum absolute atomic E-state index is 5.73. The first-order valence-electron chi connectivity index (χ1n) is 5.73. The Bertz CT molecular complexity index is 416. The van der Waals surface area contributed by atoms with Crippen LogP contribution in [0.15, 0.2) is 22.7 Å². The molecule has 1 rings (SSSR count). The molecule has 0 unspecified atom stereocenters. The standard InChI is InChI=1S/C13H19BrN2S/c1-4-7-13(2,3)16-11-8-9(14)5-6-10(11)12(15)17/h5-6,8,16H,4,7H2,1-3H3,(H2,15,17). The number of nitrogens with one attached hydrogen (secondary N) is 1. The Hall–Kier alpha value is -0.610. The van der Waals surface area contributed by atoms with Gasteiger partial charge in [-0.2, -0.15) is 0 Å². The van der Waals surface area contributed by atoms with Crippen LogP contribution in [0.3, 0.4) is 0 Å². The first kappa shape index (κ1) is 14.5. The summed E-state index contributed by atoms with van der Waals surface area (Å²) in [7, 11) is 0. The van der Waals surface area contributed by atoms with Gasteiger partial charge in [0, 0.05) is 21.3 Å². The number of nitrogens with two attached hydrogens (primary N) is 1. The van der Waals surface area contributed by atoms with Crippen LogP contribution >= 0.6 is 28.1 Å². The highest BCUT2D eigenvalue weighted by Crippen LogP contribution is 2.26. The number of halogens is 1. The van der Waals surface area contributed by atoms with E-state index in [2.05, 4.69) is 42.0 Å². The molecule has 0 aliphatic heterocycles. The van der Waals surface area contributed by atoms with Crippen molar-refractivity contribution in [1.29, 1.82) is 0 Å². The van der Waals surface area contributed by atoms with Crippen LogP contribution in [0.5, 0.6) is 0 Å². The molecule has 2 nitrogen and oxygen atoms in total. The van der Waals surface area contributed by atoms with E-state index in [4.69, 9.17) is 18.0 Å². The van der Waals surface area contributed by atoms with Gasteiger partial charge in [0.05, 0.1) is 0 Å². The van der Waals surface area contributed by atoms with Crippen molar-refractivity contribution >= 4 is 38.8 Å². The van der Waals surface area contributed by atoms with Gasteiger partial charge in [0.1, 0.15) is 4.99 Å². The Morgan fingerprint density at radius 1 is 1.47 bits per heavy atom.